The van der Waals surface area contributed by atoms with Crippen molar-refractivity contribution in [3.63, 3.8) is 0 Å². The maximum atomic E-state index is 12.7. The van der Waals surface area contributed by atoms with E-state index in [9.17, 15) is 9.59 Å². The van der Waals surface area contributed by atoms with Crippen molar-refractivity contribution in [2.45, 2.75) is 0 Å². The highest BCUT2D eigenvalue weighted by atomic mass is 16.5. The van der Waals surface area contributed by atoms with Crippen LogP contribution in [-0.4, -0.2) is 36.0 Å². The van der Waals surface area contributed by atoms with Gasteiger partial charge in [-0.1, -0.05) is 37.4 Å². The minimum atomic E-state index is -0.568. The number of rotatable bonds is 8. The van der Waals surface area contributed by atoms with Gasteiger partial charge in [-0.2, -0.15) is 0 Å². The molecule has 0 aliphatic rings. The third-order valence-electron chi connectivity index (χ3n) is 12.7. The number of hydrogen-bond donors (Lipinski definition) is 0. The van der Waals surface area contributed by atoms with Crippen LogP contribution in [0.4, 0.5) is 0 Å². The van der Waals surface area contributed by atoms with Gasteiger partial charge in [0, 0.05) is 109 Å². The Balaban J connectivity index is 0.945. The van der Waals surface area contributed by atoms with Gasteiger partial charge < -0.3 is 27.4 Å². The van der Waals surface area contributed by atoms with Gasteiger partial charge in [-0.05, 0) is 120 Å². The summed E-state index contributed by atoms with van der Waals surface area (Å²) in [4.78, 5) is 38.1. The van der Waals surface area contributed by atoms with Crippen LogP contribution in [0.5, 0.6) is 11.5 Å². The number of furan rings is 2. The molecule has 0 radical (unpaired) electrons. The van der Waals surface area contributed by atoms with Gasteiger partial charge >= 0.3 is 11.9 Å². The molecule has 0 amide bonds. The molecule has 7 aromatic heterocycles. The maximum absolute atomic E-state index is 12.7. The molecule has 13 aromatic rings. The Morgan fingerprint density at radius 2 is 0.985 bits per heavy atom. The van der Waals surface area contributed by atoms with Crippen molar-refractivity contribution in [1.82, 2.24) is 24.1 Å². The van der Waals surface area contributed by atoms with Gasteiger partial charge in [-0.25, -0.2) is 9.59 Å². The van der Waals surface area contributed by atoms with Crippen LogP contribution in [0.2, 0.25) is 0 Å². The summed E-state index contributed by atoms with van der Waals surface area (Å²) in [6, 6.07) is 42.0. The van der Waals surface area contributed by atoms with Crippen molar-refractivity contribution >= 4 is 99.4 Å². The molecule has 0 fully saturated rings. The van der Waals surface area contributed by atoms with Crippen molar-refractivity contribution in [1.29, 1.82) is 0 Å². The van der Waals surface area contributed by atoms with Gasteiger partial charge in [0.1, 0.15) is 33.8 Å². The number of ether oxygens (including phenoxy) is 2. The minimum absolute atomic E-state index is 0.360. The van der Waals surface area contributed by atoms with E-state index in [1.54, 1.807) is 30.7 Å². The highest BCUT2D eigenvalue weighted by molar-refractivity contribution is 6.14. The number of fused-ring (bicyclic) bond motifs is 12. The molecule has 0 spiro atoms. The molecular weight excluding hydrogens is 851 g/mol. The lowest BCUT2D eigenvalue weighted by Gasteiger charge is -2.12. The standard InChI is InChI=1S/C57H33N5O6/c1-3-55(63)65-37-11-15-53-43(26-37)41-24-33(9-13-52(41)67-53)32-8-12-48-40(23-32)45-29-58-19-16-49(45)61(48)35-7-5-6-34(22-35)39-27-38(66-56(64)4-2)28-44-42-25-36(10-14-54(42)68-57(39)44)62-50-17-20-59-30-46(50)47-31-60-21-18-51(47)62/h3-31H,1-2H2. The Bertz CT molecular complexity index is 4270. The van der Waals surface area contributed by atoms with Crippen LogP contribution in [0, 0.1) is 0 Å². The third kappa shape index (κ3) is 6.03. The van der Waals surface area contributed by atoms with Gasteiger partial charge in [0.2, 0.25) is 0 Å². The van der Waals surface area contributed by atoms with E-state index < -0.39 is 11.9 Å². The Kier molecular flexibility index (Phi) is 8.55. The lowest BCUT2D eigenvalue weighted by molar-refractivity contribution is -0.129. The van der Waals surface area contributed by atoms with Crippen molar-refractivity contribution in [3.05, 3.63) is 190 Å². The zero-order valence-electron chi connectivity index (χ0n) is 35.8. The summed E-state index contributed by atoms with van der Waals surface area (Å²) < 4.78 is 28.6. The SMILES string of the molecule is C=CC(=O)Oc1ccc2oc3ccc(-c4ccc5c(c4)c4cnccc4n5-c4cccc(-c5cc(OC(=O)C=C)cc6c5oc5ccc(-n7c8ccncc8c8cnccc87)cc56)c4)cc3c2c1. The van der Waals surface area contributed by atoms with Crippen LogP contribution in [0.15, 0.2) is 199 Å². The molecule has 6 aromatic carbocycles. The van der Waals surface area contributed by atoms with Crippen molar-refractivity contribution in [2.24, 2.45) is 0 Å². The topological polar surface area (TPSA) is 127 Å². The van der Waals surface area contributed by atoms with E-state index in [-0.39, 0.29) is 0 Å². The average Bonchev–Trinajstić information content (AvgIpc) is 4.13. The number of benzene rings is 6. The van der Waals surface area contributed by atoms with E-state index in [0.717, 1.165) is 117 Å². The van der Waals surface area contributed by atoms with Gasteiger partial charge in [-0.15, -0.1) is 0 Å². The van der Waals surface area contributed by atoms with E-state index in [2.05, 4.69) is 79.7 Å². The van der Waals surface area contributed by atoms with Crippen LogP contribution in [0.3, 0.4) is 0 Å². The summed E-state index contributed by atoms with van der Waals surface area (Å²) >= 11 is 0. The van der Waals surface area contributed by atoms with E-state index >= 15 is 0 Å². The maximum Gasteiger partial charge on any atom is 0.335 e. The number of carbonyl (C=O) groups excluding carboxylic acids is 2. The molecule has 13 rings (SSSR count). The Labute approximate surface area is 385 Å². The molecule has 0 aliphatic carbocycles. The first-order valence-electron chi connectivity index (χ1n) is 21.7. The summed E-state index contributed by atoms with van der Waals surface area (Å²) in [6.07, 6.45) is 13.3. The Morgan fingerprint density at radius 1 is 0.456 bits per heavy atom. The predicted molar refractivity (Wildman–Crippen MR) is 266 cm³/mol. The lowest BCUT2D eigenvalue weighted by atomic mass is 10.0. The Hall–Kier alpha value is -9.61. The van der Waals surface area contributed by atoms with Crippen LogP contribution < -0.4 is 9.47 Å². The van der Waals surface area contributed by atoms with E-state index in [1.165, 1.54) is 0 Å². The fourth-order valence-corrected chi connectivity index (χ4v) is 9.69. The fraction of sp³-hybridized carbons (Fsp3) is 0. The molecule has 0 saturated heterocycles. The molecule has 0 bridgehead atoms. The number of aromatic nitrogens is 5. The first-order valence-corrected chi connectivity index (χ1v) is 21.7. The zero-order valence-corrected chi connectivity index (χ0v) is 35.8. The lowest BCUT2D eigenvalue weighted by Crippen LogP contribution is -2.03. The molecule has 0 saturated carbocycles. The summed E-state index contributed by atoms with van der Waals surface area (Å²) in [7, 11) is 0. The summed E-state index contributed by atoms with van der Waals surface area (Å²) in [5.41, 5.74) is 12.2. The first-order chi connectivity index (χ1) is 33.4. The third-order valence-corrected chi connectivity index (χ3v) is 12.7. The summed E-state index contributed by atoms with van der Waals surface area (Å²) in [5.74, 6) is -0.326. The van der Waals surface area contributed by atoms with Gasteiger partial charge in [0.25, 0.3) is 0 Å². The average molecular weight is 884 g/mol. The quantitative estimate of drug-likeness (QED) is 0.0832. The van der Waals surface area contributed by atoms with Crippen LogP contribution >= 0.6 is 0 Å². The smallest absolute Gasteiger partial charge is 0.335 e. The highest BCUT2D eigenvalue weighted by Crippen LogP contribution is 2.43. The summed E-state index contributed by atoms with van der Waals surface area (Å²) in [6.45, 7) is 7.15. The van der Waals surface area contributed by atoms with E-state index in [1.807, 2.05) is 91.4 Å². The van der Waals surface area contributed by atoms with Crippen LogP contribution in [-0.2, 0) is 9.59 Å². The molecule has 0 N–H and O–H groups in total. The molecule has 7 heterocycles. The van der Waals surface area contributed by atoms with Crippen molar-refractivity contribution in [2.75, 3.05) is 0 Å². The van der Waals surface area contributed by atoms with E-state index in [0.29, 0.717) is 28.2 Å². The number of hydrogen-bond acceptors (Lipinski definition) is 9. The zero-order chi connectivity index (χ0) is 45.6. The van der Waals surface area contributed by atoms with Crippen LogP contribution in [0.1, 0.15) is 0 Å². The fourth-order valence-electron chi connectivity index (χ4n) is 9.69. The minimum Gasteiger partial charge on any atom is -0.456 e. The van der Waals surface area contributed by atoms with Gasteiger partial charge in [-0.3, -0.25) is 15.0 Å². The molecule has 322 valence electrons. The monoisotopic (exact) mass is 883 g/mol. The first kappa shape index (κ1) is 38.8. The number of carbonyl (C=O) groups is 2. The molecule has 68 heavy (non-hydrogen) atoms. The molecule has 11 nitrogen and oxygen atoms in total. The molecule has 0 unspecified atom stereocenters. The summed E-state index contributed by atoms with van der Waals surface area (Å²) in [5, 5.41) is 7.39. The predicted octanol–water partition coefficient (Wildman–Crippen LogP) is 13.4. The normalized spacial score (nSPS) is 11.8. The number of nitrogens with zero attached hydrogens (tertiary/aromatic N) is 5. The second-order valence-corrected chi connectivity index (χ2v) is 16.5. The Morgan fingerprint density at radius 3 is 1.68 bits per heavy atom. The van der Waals surface area contributed by atoms with Crippen molar-refractivity contribution in [3.8, 4) is 45.1 Å². The number of pyridine rings is 3. The molecule has 0 atom stereocenters. The van der Waals surface area contributed by atoms with Crippen LogP contribution in [0.25, 0.3) is 121 Å². The van der Waals surface area contributed by atoms with Crippen molar-refractivity contribution < 1.29 is 27.9 Å². The second kappa shape index (κ2) is 15.0. The number of esters is 2. The second-order valence-electron chi connectivity index (χ2n) is 16.5. The largest absolute Gasteiger partial charge is 0.456 e. The van der Waals surface area contributed by atoms with Gasteiger partial charge in [0.15, 0.2) is 0 Å². The van der Waals surface area contributed by atoms with Gasteiger partial charge in [0.05, 0.1) is 22.1 Å². The molecular formula is C57H33N5O6. The van der Waals surface area contributed by atoms with E-state index in [4.69, 9.17) is 18.3 Å². The molecule has 0 aliphatic heterocycles. The molecule has 11 heteroatoms. The highest BCUT2D eigenvalue weighted by Gasteiger charge is 2.21.